The summed E-state index contributed by atoms with van der Waals surface area (Å²) in [4.78, 5) is 27.7. The normalized spacial score (nSPS) is 13.7. The van der Waals surface area contributed by atoms with Gasteiger partial charge in [-0.3, -0.25) is 13.3 Å². The molecule has 1 aliphatic heterocycles. The Hall–Kier alpha value is -2.90. The van der Waals surface area contributed by atoms with Crippen LogP contribution in [0.25, 0.3) is 11.3 Å². The number of halogens is 2. The van der Waals surface area contributed by atoms with Crippen molar-refractivity contribution in [1.29, 1.82) is 0 Å². The van der Waals surface area contributed by atoms with Crippen molar-refractivity contribution >= 4 is 46.0 Å². The van der Waals surface area contributed by atoms with Crippen LogP contribution in [-0.4, -0.2) is 53.7 Å². The van der Waals surface area contributed by atoms with Crippen LogP contribution in [0.1, 0.15) is 16.1 Å². The number of nitrogen functional groups attached to an aromatic ring is 1. The van der Waals surface area contributed by atoms with E-state index >= 15 is 0 Å². The monoisotopic (exact) mass is 563 g/mol. The zero-order valence-electron chi connectivity index (χ0n) is 17.7. The van der Waals surface area contributed by atoms with Crippen molar-refractivity contribution in [3.63, 3.8) is 0 Å². The van der Waals surface area contributed by atoms with Gasteiger partial charge in [0, 0.05) is 54.3 Å². The van der Waals surface area contributed by atoms with Gasteiger partial charge in [-0.1, -0.05) is 6.07 Å². The van der Waals surface area contributed by atoms with Crippen LogP contribution in [0.4, 0.5) is 21.6 Å². The Morgan fingerprint density at radius 1 is 1.24 bits per heavy atom. The van der Waals surface area contributed by atoms with Gasteiger partial charge in [0.05, 0.1) is 42.7 Å². The molecule has 4 rings (SSSR count). The van der Waals surface area contributed by atoms with Crippen LogP contribution < -0.4 is 19.5 Å². The predicted octanol–water partition coefficient (Wildman–Crippen LogP) is 2.83. The zero-order valence-corrected chi connectivity index (χ0v) is 19.9. The topological polar surface area (TPSA) is 118 Å². The summed E-state index contributed by atoms with van der Waals surface area (Å²) in [6.45, 7) is 3.34. The number of carbonyl (C=O) groups is 1. The van der Waals surface area contributed by atoms with Crippen LogP contribution in [0.5, 0.6) is 0 Å². The molecule has 33 heavy (non-hydrogen) atoms. The summed E-state index contributed by atoms with van der Waals surface area (Å²) in [5.74, 6) is -1.03. The van der Waals surface area contributed by atoms with Crippen molar-refractivity contribution in [2.45, 2.75) is 6.42 Å². The summed E-state index contributed by atoms with van der Waals surface area (Å²) < 4.78 is 23.2. The van der Waals surface area contributed by atoms with Crippen LogP contribution in [0.15, 0.2) is 42.9 Å². The van der Waals surface area contributed by atoms with Crippen molar-refractivity contribution in [1.82, 2.24) is 18.5 Å². The number of hydrogen-bond acceptors (Lipinski definition) is 8. The number of pyridine rings is 1. The van der Waals surface area contributed by atoms with Crippen molar-refractivity contribution in [2.24, 2.45) is 0 Å². The SMILES string of the molecule is Nc1ncc(-c2ccc(CCNI)cc2F)nc1C(=O)Nc1cnccc1N1CCOCC1. The number of ether oxygens (including phenoxy) is 1. The van der Waals surface area contributed by atoms with Crippen LogP contribution in [0.3, 0.4) is 0 Å². The number of nitrogens with one attached hydrogen (secondary N) is 2. The Morgan fingerprint density at radius 3 is 2.82 bits per heavy atom. The van der Waals surface area contributed by atoms with Gasteiger partial charge < -0.3 is 20.7 Å². The van der Waals surface area contributed by atoms with E-state index in [1.54, 1.807) is 18.5 Å². The molecule has 1 amide bonds. The van der Waals surface area contributed by atoms with Crippen LogP contribution in [-0.2, 0) is 11.2 Å². The molecule has 0 saturated carbocycles. The average Bonchev–Trinajstić information content (AvgIpc) is 2.84. The number of nitrogens with zero attached hydrogens (tertiary/aromatic N) is 4. The van der Waals surface area contributed by atoms with Crippen LogP contribution >= 0.6 is 22.9 Å². The Labute approximate surface area is 204 Å². The first-order chi connectivity index (χ1) is 16.1. The van der Waals surface area contributed by atoms with E-state index in [4.69, 9.17) is 10.5 Å². The Balaban J connectivity index is 1.58. The van der Waals surface area contributed by atoms with Gasteiger partial charge in [-0.05, 0) is 30.2 Å². The number of carbonyl (C=O) groups excluding carboxylic acids is 1. The fourth-order valence-corrected chi connectivity index (χ4v) is 3.82. The summed E-state index contributed by atoms with van der Waals surface area (Å²) in [5.41, 5.74) is 8.54. The molecule has 11 heteroatoms. The van der Waals surface area contributed by atoms with Crippen molar-refractivity contribution in [3.05, 3.63) is 59.9 Å². The molecule has 0 unspecified atom stereocenters. The third-order valence-corrected chi connectivity index (χ3v) is 5.77. The minimum atomic E-state index is -0.547. The molecule has 0 radical (unpaired) electrons. The standard InChI is InChI=1S/C22H23FIN7O2/c23-16-11-14(3-6-28-24)1-2-15(16)17-13-27-21(25)20(29-17)22(32)30-18-12-26-5-4-19(18)31-7-9-33-10-8-31/h1-2,4-5,11-13,28H,3,6-10H2,(H2,25,27)(H,30,32). The molecule has 0 bridgehead atoms. The summed E-state index contributed by atoms with van der Waals surface area (Å²) in [5, 5.41) is 2.82. The largest absolute Gasteiger partial charge is 0.382 e. The quantitative estimate of drug-likeness (QED) is 0.297. The molecule has 9 nitrogen and oxygen atoms in total. The van der Waals surface area contributed by atoms with Gasteiger partial charge in [0.2, 0.25) is 0 Å². The number of rotatable bonds is 7. The van der Waals surface area contributed by atoms with Crippen molar-refractivity contribution in [3.8, 4) is 11.3 Å². The lowest BCUT2D eigenvalue weighted by Crippen LogP contribution is -2.36. The molecule has 1 aromatic carbocycles. The lowest BCUT2D eigenvalue weighted by Gasteiger charge is -2.30. The smallest absolute Gasteiger partial charge is 0.278 e. The van der Waals surface area contributed by atoms with Gasteiger partial charge in [0.1, 0.15) is 5.82 Å². The van der Waals surface area contributed by atoms with E-state index in [1.807, 2.05) is 35.0 Å². The minimum Gasteiger partial charge on any atom is -0.382 e. The second kappa shape index (κ2) is 10.8. The van der Waals surface area contributed by atoms with Crippen LogP contribution in [0, 0.1) is 5.82 Å². The zero-order chi connectivity index (χ0) is 23.2. The Kier molecular flexibility index (Phi) is 7.62. The van der Waals surface area contributed by atoms with Crippen molar-refractivity contribution in [2.75, 3.05) is 48.8 Å². The Morgan fingerprint density at radius 2 is 2.06 bits per heavy atom. The molecule has 1 saturated heterocycles. The molecule has 172 valence electrons. The van der Waals surface area contributed by atoms with Gasteiger partial charge in [-0.2, -0.15) is 0 Å². The van der Waals surface area contributed by atoms with Gasteiger partial charge in [-0.25, -0.2) is 14.4 Å². The lowest BCUT2D eigenvalue weighted by atomic mass is 10.1. The Bertz CT molecular complexity index is 1140. The molecule has 4 N–H and O–H groups in total. The molecule has 0 atom stereocenters. The van der Waals surface area contributed by atoms with Gasteiger partial charge >= 0.3 is 0 Å². The summed E-state index contributed by atoms with van der Waals surface area (Å²) in [6.07, 6.45) is 5.29. The molecule has 0 spiro atoms. The molecular weight excluding hydrogens is 540 g/mol. The molecule has 1 fully saturated rings. The average molecular weight is 563 g/mol. The van der Waals surface area contributed by atoms with E-state index in [9.17, 15) is 9.18 Å². The summed E-state index contributed by atoms with van der Waals surface area (Å²) in [6, 6.07) is 6.76. The molecular formula is C22H23FIN7O2. The van der Waals surface area contributed by atoms with E-state index in [2.05, 4.69) is 28.7 Å². The third kappa shape index (κ3) is 5.54. The maximum atomic E-state index is 14.8. The predicted molar refractivity (Wildman–Crippen MR) is 133 cm³/mol. The van der Waals surface area contributed by atoms with Crippen molar-refractivity contribution < 1.29 is 13.9 Å². The highest BCUT2D eigenvalue weighted by Crippen LogP contribution is 2.27. The van der Waals surface area contributed by atoms with E-state index < -0.39 is 11.7 Å². The first kappa shape index (κ1) is 23.3. The second-order valence-electron chi connectivity index (χ2n) is 7.38. The fourth-order valence-electron chi connectivity index (χ4n) is 3.55. The van der Waals surface area contributed by atoms with Crippen LogP contribution in [0.2, 0.25) is 0 Å². The van der Waals surface area contributed by atoms with Gasteiger partial charge in [0.25, 0.3) is 5.91 Å². The number of hydrogen-bond donors (Lipinski definition) is 3. The number of amides is 1. The van der Waals surface area contributed by atoms with E-state index in [0.717, 1.165) is 17.8 Å². The third-order valence-electron chi connectivity index (χ3n) is 5.23. The molecule has 2 aromatic heterocycles. The number of benzene rings is 1. The number of aromatic nitrogens is 3. The van der Waals surface area contributed by atoms with E-state index in [1.165, 1.54) is 12.3 Å². The molecule has 3 aromatic rings. The number of nitrogens with two attached hydrogens (primary N) is 1. The van der Waals surface area contributed by atoms with E-state index in [0.29, 0.717) is 38.4 Å². The highest BCUT2D eigenvalue weighted by Gasteiger charge is 2.20. The summed E-state index contributed by atoms with van der Waals surface area (Å²) in [7, 11) is 0. The second-order valence-corrected chi connectivity index (χ2v) is 8.15. The lowest BCUT2D eigenvalue weighted by molar-refractivity contribution is 0.102. The van der Waals surface area contributed by atoms with E-state index in [-0.39, 0.29) is 22.8 Å². The maximum absolute atomic E-state index is 14.8. The fraction of sp³-hybridized carbons (Fsp3) is 0.273. The molecule has 1 aliphatic rings. The van der Waals surface area contributed by atoms with Gasteiger partial charge in [-0.15, -0.1) is 0 Å². The molecule has 0 aliphatic carbocycles. The highest BCUT2D eigenvalue weighted by atomic mass is 127. The minimum absolute atomic E-state index is 0.0433. The highest BCUT2D eigenvalue weighted by molar-refractivity contribution is 14.1. The number of anilines is 3. The van der Waals surface area contributed by atoms with Gasteiger partial charge in [0.15, 0.2) is 11.5 Å². The molecule has 3 heterocycles. The first-order valence-electron chi connectivity index (χ1n) is 10.4. The number of morpholine rings is 1. The summed E-state index contributed by atoms with van der Waals surface area (Å²) >= 11 is 2.05. The maximum Gasteiger partial charge on any atom is 0.278 e. The first-order valence-corrected chi connectivity index (χ1v) is 11.5.